The zero-order valence-corrected chi connectivity index (χ0v) is 10.5. The molecule has 0 saturated carbocycles. The van der Waals surface area contributed by atoms with E-state index in [4.69, 9.17) is 5.11 Å². The van der Waals surface area contributed by atoms with Crippen molar-refractivity contribution in [3.05, 3.63) is 58.4 Å². The van der Waals surface area contributed by atoms with Crippen LogP contribution < -0.4 is 0 Å². The molecule has 0 fully saturated rings. The van der Waals surface area contributed by atoms with Gasteiger partial charge in [-0.1, -0.05) is 0 Å². The minimum Gasteiger partial charge on any atom is -0.478 e. The third-order valence-corrected chi connectivity index (χ3v) is 2.98. The number of non-ortho nitro benzene ring substituents is 1. The Kier molecular flexibility index (Phi) is 2.83. The van der Waals surface area contributed by atoms with Crippen LogP contribution in [0.1, 0.15) is 10.4 Å². The summed E-state index contributed by atoms with van der Waals surface area (Å²) in [6.07, 6.45) is 2.77. The number of pyridine rings is 1. The first-order valence-electron chi connectivity index (χ1n) is 5.88. The van der Waals surface area contributed by atoms with Gasteiger partial charge >= 0.3 is 5.97 Å². The topological polar surface area (TPSA) is 111 Å². The second-order valence-corrected chi connectivity index (χ2v) is 4.27. The molecular weight excluding hydrogens is 276 g/mol. The molecule has 2 heterocycles. The molecule has 0 unspecified atom stereocenters. The number of fused-ring (bicyclic) bond motifs is 1. The predicted octanol–water partition coefficient (Wildman–Crippen LogP) is 2.03. The molecule has 104 valence electrons. The Morgan fingerprint density at radius 3 is 2.67 bits per heavy atom. The Labute approximate surface area is 117 Å². The average Bonchev–Trinajstić information content (AvgIpc) is 2.90. The Bertz CT molecular complexity index is 854. The molecule has 0 saturated heterocycles. The van der Waals surface area contributed by atoms with Crippen molar-refractivity contribution in [1.82, 2.24) is 14.8 Å². The SMILES string of the molecule is O=C(O)c1ccc(-n2ncc3ccc([N+](=O)[O-])cc32)nc1. The molecule has 3 aromatic rings. The number of nitro benzene ring substituents is 1. The molecule has 8 nitrogen and oxygen atoms in total. The molecule has 2 aromatic heterocycles. The highest BCUT2D eigenvalue weighted by molar-refractivity contribution is 5.87. The second-order valence-electron chi connectivity index (χ2n) is 4.27. The molecule has 21 heavy (non-hydrogen) atoms. The van der Waals surface area contributed by atoms with E-state index < -0.39 is 10.9 Å². The van der Waals surface area contributed by atoms with Crippen LogP contribution in [0, 0.1) is 10.1 Å². The Hall–Kier alpha value is -3.29. The van der Waals surface area contributed by atoms with E-state index in [1.54, 1.807) is 12.3 Å². The van der Waals surface area contributed by atoms with Gasteiger partial charge in [0.2, 0.25) is 0 Å². The molecule has 8 heteroatoms. The van der Waals surface area contributed by atoms with Crippen molar-refractivity contribution in [1.29, 1.82) is 0 Å². The van der Waals surface area contributed by atoms with E-state index in [0.29, 0.717) is 11.3 Å². The number of aromatic nitrogens is 3. The maximum atomic E-state index is 10.8. The number of hydrogen-bond donors (Lipinski definition) is 1. The maximum absolute atomic E-state index is 10.8. The van der Waals surface area contributed by atoms with Gasteiger partial charge in [-0.2, -0.15) is 5.10 Å². The molecule has 0 atom stereocenters. The summed E-state index contributed by atoms with van der Waals surface area (Å²) in [5.41, 5.74) is 0.535. The summed E-state index contributed by atoms with van der Waals surface area (Å²) in [5, 5.41) is 24.5. The van der Waals surface area contributed by atoms with Crippen molar-refractivity contribution in [2.45, 2.75) is 0 Å². The van der Waals surface area contributed by atoms with Crippen molar-refractivity contribution >= 4 is 22.6 Å². The van der Waals surface area contributed by atoms with E-state index in [9.17, 15) is 14.9 Å². The summed E-state index contributed by atoms with van der Waals surface area (Å²) >= 11 is 0. The fourth-order valence-corrected chi connectivity index (χ4v) is 1.94. The smallest absolute Gasteiger partial charge is 0.337 e. The zero-order chi connectivity index (χ0) is 15.0. The fourth-order valence-electron chi connectivity index (χ4n) is 1.94. The number of benzene rings is 1. The maximum Gasteiger partial charge on any atom is 0.337 e. The van der Waals surface area contributed by atoms with Gasteiger partial charge in [0.1, 0.15) is 0 Å². The van der Waals surface area contributed by atoms with E-state index in [0.717, 1.165) is 5.39 Å². The number of nitrogens with zero attached hydrogens (tertiary/aromatic N) is 4. The Balaban J connectivity index is 2.13. The van der Waals surface area contributed by atoms with Crippen molar-refractivity contribution in [2.24, 2.45) is 0 Å². The zero-order valence-electron chi connectivity index (χ0n) is 10.5. The molecule has 0 amide bonds. The first kappa shape index (κ1) is 12.7. The van der Waals surface area contributed by atoms with Crippen LogP contribution in [-0.4, -0.2) is 30.8 Å². The number of aromatic carboxylic acids is 1. The van der Waals surface area contributed by atoms with Crippen LogP contribution in [0.2, 0.25) is 0 Å². The number of carbonyl (C=O) groups is 1. The van der Waals surface area contributed by atoms with Crippen molar-refractivity contribution in [2.75, 3.05) is 0 Å². The molecule has 0 aliphatic heterocycles. The van der Waals surface area contributed by atoms with Gasteiger partial charge < -0.3 is 5.11 Å². The van der Waals surface area contributed by atoms with E-state index in [-0.39, 0.29) is 11.3 Å². The fraction of sp³-hybridized carbons (Fsp3) is 0. The van der Waals surface area contributed by atoms with Crippen LogP contribution in [-0.2, 0) is 0 Å². The molecule has 1 aromatic carbocycles. The van der Waals surface area contributed by atoms with Gasteiger partial charge in [-0.3, -0.25) is 10.1 Å². The third-order valence-electron chi connectivity index (χ3n) is 2.98. The lowest BCUT2D eigenvalue weighted by Gasteiger charge is -2.03. The largest absolute Gasteiger partial charge is 0.478 e. The second kappa shape index (κ2) is 4.67. The summed E-state index contributed by atoms with van der Waals surface area (Å²) < 4.78 is 1.42. The van der Waals surface area contributed by atoms with E-state index in [2.05, 4.69) is 10.1 Å². The van der Waals surface area contributed by atoms with Gasteiger partial charge in [-0.15, -0.1) is 0 Å². The Morgan fingerprint density at radius 2 is 2.05 bits per heavy atom. The highest BCUT2D eigenvalue weighted by Crippen LogP contribution is 2.22. The number of carboxylic acids is 1. The van der Waals surface area contributed by atoms with Crippen LogP contribution in [0.15, 0.2) is 42.7 Å². The first-order chi connectivity index (χ1) is 10.1. The van der Waals surface area contributed by atoms with Crippen LogP contribution in [0.3, 0.4) is 0 Å². The van der Waals surface area contributed by atoms with Gasteiger partial charge in [0.25, 0.3) is 5.69 Å². The number of rotatable bonds is 3. The normalized spacial score (nSPS) is 10.7. The summed E-state index contributed by atoms with van der Waals surface area (Å²) in [7, 11) is 0. The lowest BCUT2D eigenvalue weighted by molar-refractivity contribution is -0.384. The predicted molar refractivity (Wildman–Crippen MR) is 72.5 cm³/mol. The standard InChI is InChI=1S/C13H8N4O4/c18-13(19)9-2-4-12(14-6-9)16-11-5-10(17(20)21)3-1-8(11)7-15-16/h1-7H,(H,18,19). The minimum absolute atomic E-state index is 0.0496. The highest BCUT2D eigenvalue weighted by atomic mass is 16.6. The minimum atomic E-state index is -1.07. The van der Waals surface area contributed by atoms with Crippen molar-refractivity contribution < 1.29 is 14.8 Å². The van der Waals surface area contributed by atoms with Crippen LogP contribution >= 0.6 is 0 Å². The molecule has 0 spiro atoms. The van der Waals surface area contributed by atoms with Gasteiger partial charge in [0.15, 0.2) is 5.82 Å². The molecule has 1 N–H and O–H groups in total. The van der Waals surface area contributed by atoms with Gasteiger partial charge in [-0.05, 0) is 18.2 Å². The molecule has 0 radical (unpaired) electrons. The Morgan fingerprint density at radius 1 is 1.24 bits per heavy atom. The lowest BCUT2D eigenvalue weighted by Crippen LogP contribution is -2.02. The van der Waals surface area contributed by atoms with Gasteiger partial charge in [-0.25, -0.2) is 14.5 Å². The monoisotopic (exact) mass is 284 g/mol. The van der Waals surface area contributed by atoms with E-state index in [1.807, 2.05) is 0 Å². The van der Waals surface area contributed by atoms with Gasteiger partial charge in [0, 0.05) is 23.7 Å². The van der Waals surface area contributed by atoms with Crippen molar-refractivity contribution in [3.63, 3.8) is 0 Å². The summed E-state index contributed by atoms with van der Waals surface area (Å²) in [4.78, 5) is 25.2. The molecule has 3 rings (SSSR count). The third kappa shape index (κ3) is 2.18. The number of nitro groups is 1. The molecule has 0 bridgehead atoms. The highest BCUT2D eigenvalue weighted by Gasteiger charge is 2.12. The number of hydrogen-bond acceptors (Lipinski definition) is 5. The van der Waals surface area contributed by atoms with Crippen LogP contribution in [0.25, 0.3) is 16.7 Å². The lowest BCUT2D eigenvalue weighted by atomic mass is 10.2. The summed E-state index contributed by atoms with van der Waals surface area (Å²) in [5.74, 6) is -0.689. The molecular formula is C13H8N4O4. The molecule has 0 aliphatic carbocycles. The van der Waals surface area contributed by atoms with Crippen LogP contribution in [0.5, 0.6) is 0 Å². The van der Waals surface area contributed by atoms with Crippen LogP contribution in [0.4, 0.5) is 5.69 Å². The first-order valence-corrected chi connectivity index (χ1v) is 5.88. The van der Waals surface area contributed by atoms with Crippen molar-refractivity contribution in [3.8, 4) is 5.82 Å². The molecule has 0 aliphatic rings. The summed E-state index contributed by atoms with van der Waals surface area (Å²) in [6, 6.07) is 7.29. The van der Waals surface area contributed by atoms with Gasteiger partial charge in [0.05, 0.1) is 22.2 Å². The summed E-state index contributed by atoms with van der Waals surface area (Å²) in [6.45, 7) is 0. The average molecular weight is 284 g/mol. The van der Waals surface area contributed by atoms with E-state index in [1.165, 1.54) is 35.1 Å². The quantitative estimate of drug-likeness (QED) is 0.581. The van der Waals surface area contributed by atoms with E-state index >= 15 is 0 Å². The number of carboxylic acid groups (broad SMARTS) is 1.